The fourth-order valence-corrected chi connectivity index (χ4v) is 1.71. The Morgan fingerprint density at radius 2 is 1.92 bits per heavy atom. The predicted octanol–water partition coefficient (Wildman–Crippen LogP) is -0.0306. The average Bonchev–Trinajstić information content (AvgIpc) is 2.01. The number of nitrogens with two attached hydrogens (primary N) is 1. The van der Waals surface area contributed by atoms with Crippen LogP contribution in [0.4, 0.5) is 0 Å². The quantitative estimate of drug-likeness (QED) is 0.659. The molecule has 1 rings (SSSR count). The van der Waals surface area contributed by atoms with Crippen molar-refractivity contribution < 1.29 is 9.53 Å². The summed E-state index contributed by atoms with van der Waals surface area (Å²) in [4.78, 5) is 13.0. The van der Waals surface area contributed by atoms with Crippen LogP contribution in [0, 0.1) is 0 Å². The van der Waals surface area contributed by atoms with E-state index in [0.717, 1.165) is 13.1 Å². The van der Waals surface area contributed by atoms with Gasteiger partial charge < -0.3 is 10.5 Å². The second-order valence-corrected chi connectivity index (χ2v) is 3.79. The molecule has 1 amide bonds. The van der Waals surface area contributed by atoms with Crippen molar-refractivity contribution in [3.8, 4) is 0 Å². The van der Waals surface area contributed by atoms with Crippen LogP contribution in [0.15, 0.2) is 0 Å². The summed E-state index contributed by atoms with van der Waals surface area (Å²) in [7, 11) is 0. The maximum absolute atomic E-state index is 11.0. The van der Waals surface area contributed by atoms with Gasteiger partial charge >= 0.3 is 0 Å². The molecule has 0 spiro atoms. The molecule has 0 bridgehead atoms. The molecule has 0 aromatic rings. The molecule has 0 aliphatic carbocycles. The normalized spacial score (nSPS) is 32.8. The summed E-state index contributed by atoms with van der Waals surface area (Å²) in [5.74, 6) is -0.263. The first-order valence-electron chi connectivity index (χ1n) is 4.69. The summed E-state index contributed by atoms with van der Waals surface area (Å²) in [6.07, 6.45) is 0.371. The van der Waals surface area contributed by atoms with Crippen molar-refractivity contribution in [2.75, 3.05) is 13.1 Å². The van der Waals surface area contributed by atoms with Crippen molar-refractivity contribution >= 4 is 5.91 Å². The van der Waals surface area contributed by atoms with E-state index >= 15 is 0 Å². The van der Waals surface area contributed by atoms with Gasteiger partial charge in [-0.25, -0.2) is 0 Å². The van der Waals surface area contributed by atoms with Crippen molar-refractivity contribution in [3.05, 3.63) is 0 Å². The largest absolute Gasteiger partial charge is 0.373 e. The molecule has 0 saturated carbocycles. The third kappa shape index (κ3) is 2.67. The minimum atomic E-state index is -0.263. The summed E-state index contributed by atoms with van der Waals surface area (Å²) < 4.78 is 5.55. The number of morpholine rings is 1. The summed E-state index contributed by atoms with van der Waals surface area (Å²) in [6, 6.07) is -0.186. The first-order valence-corrected chi connectivity index (χ1v) is 4.69. The van der Waals surface area contributed by atoms with E-state index in [1.54, 1.807) is 0 Å². The van der Waals surface area contributed by atoms with Gasteiger partial charge in [0.25, 0.3) is 0 Å². The highest BCUT2D eigenvalue weighted by atomic mass is 16.5. The zero-order valence-corrected chi connectivity index (χ0v) is 8.49. The first kappa shape index (κ1) is 10.5. The van der Waals surface area contributed by atoms with Crippen LogP contribution in [0.25, 0.3) is 0 Å². The van der Waals surface area contributed by atoms with Crippen molar-refractivity contribution in [1.82, 2.24) is 4.90 Å². The molecule has 0 radical (unpaired) electrons. The van der Waals surface area contributed by atoms with E-state index in [1.807, 2.05) is 20.8 Å². The van der Waals surface area contributed by atoms with Gasteiger partial charge in [-0.2, -0.15) is 0 Å². The van der Waals surface area contributed by atoms with Crippen molar-refractivity contribution in [2.24, 2.45) is 5.73 Å². The van der Waals surface area contributed by atoms with E-state index in [0.29, 0.717) is 0 Å². The summed E-state index contributed by atoms with van der Waals surface area (Å²) >= 11 is 0. The van der Waals surface area contributed by atoms with E-state index in [-0.39, 0.29) is 24.2 Å². The second kappa shape index (κ2) is 4.07. The Kier molecular flexibility index (Phi) is 3.27. The van der Waals surface area contributed by atoms with Gasteiger partial charge in [0.15, 0.2) is 0 Å². The van der Waals surface area contributed by atoms with Crippen molar-refractivity contribution in [3.63, 3.8) is 0 Å². The lowest BCUT2D eigenvalue weighted by atomic mass is 10.1. The molecule has 3 atom stereocenters. The Bertz CT molecular complexity index is 186. The van der Waals surface area contributed by atoms with E-state index in [2.05, 4.69) is 4.90 Å². The fourth-order valence-electron chi connectivity index (χ4n) is 1.71. The zero-order chi connectivity index (χ0) is 10.0. The van der Waals surface area contributed by atoms with Crippen LogP contribution in [0.2, 0.25) is 0 Å². The molecular formula is C9H18N2O2. The maximum atomic E-state index is 11.0. The highest BCUT2D eigenvalue weighted by Crippen LogP contribution is 2.12. The summed E-state index contributed by atoms with van der Waals surface area (Å²) in [6.45, 7) is 7.43. The van der Waals surface area contributed by atoms with Crippen LogP contribution in [0.1, 0.15) is 20.8 Å². The third-order valence-electron chi connectivity index (χ3n) is 2.41. The summed E-state index contributed by atoms with van der Waals surface area (Å²) in [5.41, 5.74) is 5.24. The lowest BCUT2D eigenvalue weighted by molar-refractivity contribution is -0.128. The number of hydrogen-bond donors (Lipinski definition) is 1. The zero-order valence-electron chi connectivity index (χ0n) is 8.49. The molecule has 0 aromatic heterocycles. The molecule has 3 unspecified atom stereocenters. The van der Waals surface area contributed by atoms with Crippen molar-refractivity contribution in [1.29, 1.82) is 0 Å². The Labute approximate surface area is 79.0 Å². The van der Waals surface area contributed by atoms with Crippen LogP contribution in [-0.2, 0) is 9.53 Å². The van der Waals surface area contributed by atoms with Gasteiger partial charge in [-0.3, -0.25) is 9.69 Å². The minimum Gasteiger partial charge on any atom is -0.373 e. The van der Waals surface area contributed by atoms with Crippen LogP contribution in [0.3, 0.4) is 0 Å². The number of hydrogen-bond acceptors (Lipinski definition) is 3. The SMILES string of the molecule is CC1CN(C(C)C(N)=O)CC(C)O1. The molecule has 13 heavy (non-hydrogen) atoms. The molecule has 0 aromatic carbocycles. The second-order valence-electron chi connectivity index (χ2n) is 3.79. The smallest absolute Gasteiger partial charge is 0.234 e. The number of amides is 1. The van der Waals surface area contributed by atoms with Gasteiger partial charge in [0.1, 0.15) is 0 Å². The molecule has 4 nitrogen and oxygen atoms in total. The molecule has 1 aliphatic rings. The predicted molar refractivity (Wildman–Crippen MR) is 50.2 cm³/mol. The van der Waals surface area contributed by atoms with Gasteiger partial charge in [0, 0.05) is 13.1 Å². The monoisotopic (exact) mass is 186 g/mol. The molecule has 2 N–H and O–H groups in total. The first-order chi connectivity index (χ1) is 6.00. The van der Waals surface area contributed by atoms with Gasteiger partial charge in [-0.05, 0) is 20.8 Å². The molecular weight excluding hydrogens is 168 g/mol. The lowest BCUT2D eigenvalue weighted by Crippen LogP contribution is -2.53. The highest BCUT2D eigenvalue weighted by molar-refractivity contribution is 5.79. The number of carbonyl (C=O) groups is 1. The number of ether oxygens (including phenoxy) is 1. The minimum absolute atomic E-state index is 0.186. The van der Waals surface area contributed by atoms with Crippen LogP contribution >= 0.6 is 0 Å². The summed E-state index contributed by atoms with van der Waals surface area (Å²) in [5, 5.41) is 0. The number of nitrogens with zero attached hydrogens (tertiary/aromatic N) is 1. The van der Waals surface area contributed by atoms with E-state index in [4.69, 9.17) is 10.5 Å². The van der Waals surface area contributed by atoms with Crippen LogP contribution < -0.4 is 5.73 Å². The molecule has 1 fully saturated rings. The Morgan fingerprint density at radius 3 is 2.31 bits per heavy atom. The average molecular weight is 186 g/mol. The third-order valence-corrected chi connectivity index (χ3v) is 2.41. The fraction of sp³-hybridized carbons (Fsp3) is 0.889. The molecule has 1 aliphatic heterocycles. The van der Waals surface area contributed by atoms with Gasteiger partial charge in [-0.1, -0.05) is 0 Å². The standard InChI is InChI=1S/C9H18N2O2/c1-6-4-11(5-7(2)13-6)8(3)9(10)12/h6-8H,4-5H2,1-3H3,(H2,10,12). The van der Waals surface area contributed by atoms with Crippen molar-refractivity contribution in [2.45, 2.75) is 39.0 Å². The Balaban J connectivity index is 2.54. The lowest BCUT2D eigenvalue weighted by Gasteiger charge is -2.37. The van der Waals surface area contributed by atoms with Gasteiger partial charge in [-0.15, -0.1) is 0 Å². The van der Waals surface area contributed by atoms with Gasteiger partial charge in [0.05, 0.1) is 18.2 Å². The number of carbonyl (C=O) groups excluding carboxylic acids is 1. The van der Waals surface area contributed by atoms with E-state index in [1.165, 1.54) is 0 Å². The van der Waals surface area contributed by atoms with E-state index < -0.39 is 0 Å². The van der Waals surface area contributed by atoms with Gasteiger partial charge in [0.2, 0.25) is 5.91 Å². The molecule has 4 heteroatoms. The van der Waals surface area contributed by atoms with E-state index in [9.17, 15) is 4.79 Å². The number of rotatable bonds is 2. The van der Waals surface area contributed by atoms with Crippen LogP contribution in [0.5, 0.6) is 0 Å². The molecule has 76 valence electrons. The highest BCUT2D eigenvalue weighted by Gasteiger charge is 2.27. The molecule has 1 heterocycles. The molecule has 1 saturated heterocycles. The Morgan fingerprint density at radius 1 is 1.46 bits per heavy atom. The Hall–Kier alpha value is -0.610. The maximum Gasteiger partial charge on any atom is 0.234 e. The topological polar surface area (TPSA) is 55.6 Å². The van der Waals surface area contributed by atoms with Crippen LogP contribution in [-0.4, -0.2) is 42.1 Å². The number of primary amides is 1.